The summed E-state index contributed by atoms with van der Waals surface area (Å²) in [6.07, 6.45) is 13.3. The van der Waals surface area contributed by atoms with Crippen LogP contribution < -0.4 is 4.74 Å². The van der Waals surface area contributed by atoms with E-state index in [2.05, 4.69) is 198 Å². The molecule has 0 spiro atoms. The number of ether oxygens (including phenoxy) is 4. The molecular weight excluding hydrogens is 1340 g/mol. The van der Waals surface area contributed by atoms with E-state index in [-0.39, 0.29) is 149 Å². The van der Waals surface area contributed by atoms with Gasteiger partial charge in [-0.15, -0.1) is 23.7 Å². The summed E-state index contributed by atoms with van der Waals surface area (Å²) in [7, 11) is -3.65. The Balaban J connectivity index is -0.000000748. The molecule has 0 aromatic heterocycles. The van der Waals surface area contributed by atoms with Crippen LogP contribution in [0, 0.1) is 74.2 Å². The van der Waals surface area contributed by atoms with Crippen LogP contribution in [-0.2, 0) is 81.0 Å². The summed E-state index contributed by atoms with van der Waals surface area (Å²) in [5.41, 5.74) is 5.81. The number of benzene rings is 2. The van der Waals surface area contributed by atoms with E-state index in [4.69, 9.17) is 55.1 Å². The zero-order chi connectivity index (χ0) is 73.3. The molecule has 2 aromatic rings. The van der Waals surface area contributed by atoms with Crippen LogP contribution in [0.2, 0.25) is 72.5 Å². The molecule has 0 amide bonds. The molecule has 20 heteroatoms. The molecule has 0 aliphatic heterocycles. The average molecular weight is 1470 g/mol. The normalized spacial score (nSPS) is 17.6. The van der Waals surface area contributed by atoms with Crippen LogP contribution in [0.1, 0.15) is 196 Å². The average Bonchev–Trinajstić information content (AvgIpc) is 1.65. The maximum Gasteiger partial charge on any atom is 2.00 e. The Kier molecular flexibility index (Phi) is 47.3. The van der Waals surface area contributed by atoms with Crippen molar-refractivity contribution in [2.24, 2.45) is 17.8 Å². The molecule has 2 aliphatic carbocycles. The number of aryl methyl sites for hydroxylation is 2. The molecule has 2 aromatic carbocycles. The molecule has 0 N–H and O–H groups in total. The molecule has 0 bridgehead atoms. The van der Waals surface area contributed by atoms with Crippen molar-refractivity contribution in [2.75, 3.05) is 28.1 Å². The molecule has 5 unspecified atom stereocenters. The maximum atomic E-state index is 14.2. The van der Waals surface area contributed by atoms with Gasteiger partial charge in [-0.2, -0.15) is 0 Å². The van der Waals surface area contributed by atoms with Crippen molar-refractivity contribution in [3.63, 3.8) is 0 Å². The van der Waals surface area contributed by atoms with Crippen LogP contribution >= 0.6 is 0 Å². The largest absolute Gasteiger partial charge is 2.00 e. The summed E-state index contributed by atoms with van der Waals surface area (Å²) in [5, 5.41) is 6.60. The molecule has 1 saturated carbocycles. The number of hydrogen-bond acceptors (Lipinski definition) is 13. The fourth-order valence-corrected chi connectivity index (χ4v) is 15.3. The van der Waals surface area contributed by atoms with Crippen molar-refractivity contribution in [3.05, 3.63) is 109 Å². The number of para-hydroxylation sites is 1. The van der Waals surface area contributed by atoms with E-state index in [9.17, 15) is 19.2 Å². The number of carbonyl (C=O) groups is 4. The number of Topliss-reactive ketones (excluding diaryl/α,β-unsaturated/α-hetero) is 2. The Labute approximate surface area is 642 Å². The summed E-state index contributed by atoms with van der Waals surface area (Å²) >= 11 is 0. The monoisotopic (exact) mass is 1470 g/mol. The number of ketones is 2. The minimum absolute atomic E-state index is 0. The number of rotatable bonds is 28. The third-order valence-electron chi connectivity index (χ3n) is 20.2. The number of methoxy groups -OCH3 is 3. The van der Waals surface area contributed by atoms with Crippen molar-refractivity contribution < 1.29 is 72.9 Å². The zero-order valence-corrected chi connectivity index (χ0v) is 72.3. The van der Waals surface area contributed by atoms with Gasteiger partial charge in [0.05, 0.1) is 38.4 Å². The second kappa shape index (κ2) is 45.8. The number of allylic oxidation sites excluding steroid dienone is 1. The van der Waals surface area contributed by atoms with Crippen LogP contribution in [-0.4, -0.2) is 147 Å². The summed E-state index contributed by atoms with van der Waals surface area (Å²) in [4.78, 5) is 50.1. The van der Waals surface area contributed by atoms with Crippen LogP contribution in [0.5, 0.6) is 5.75 Å². The molecule has 0 saturated heterocycles. The van der Waals surface area contributed by atoms with Gasteiger partial charge < -0.3 is 62.5 Å². The number of esters is 2. The van der Waals surface area contributed by atoms with Gasteiger partial charge in [0, 0.05) is 107 Å². The van der Waals surface area contributed by atoms with E-state index in [1.54, 1.807) is 13.2 Å². The molecule has 4 rings (SSSR count). The second-order valence-electron chi connectivity index (χ2n) is 31.6. The van der Waals surface area contributed by atoms with Crippen LogP contribution in [0.15, 0.2) is 60.7 Å². The Morgan fingerprint density at radius 2 is 1.10 bits per heavy atom. The Bertz CT molecular complexity index is 3040. The van der Waals surface area contributed by atoms with Gasteiger partial charge in [0.15, 0.2) is 45.8 Å². The van der Waals surface area contributed by atoms with Gasteiger partial charge in [0.1, 0.15) is 11.5 Å². The molecule has 99 heavy (non-hydrogen) atoms. The summed E-state index contributed by atoms with van der Waals surface area (Å²) in [6.45, 7) is 65.4. The topological polar surface area (TPSA) is 166 Å². The summed E-state index contributed by atoms with van der Waals surface area (Å²) < 4.78 is 48.0. The zero-order valence-electron chi connectivity index (χ0n) is 67.4. The van der Waals surface area contributed by atoms with Gasteiger partial charge in [0.2, 0.25) is 0 Å². The molecule has 3 radical (unpaired) electrons. The first-order chi connectivity index (χ1) is 43.8. The van der Waals surface area contributed by atoms with Crippen LogP contribution in [0.4, 0.5) is 0 Å². The van der Waals surface area contributed by atoms with Gasteiger partial charge >= 0.3 is 29.0 Å². The predicted molar refractivity (Wildman–Crippen MR) is 417 cm³/mol. The molecule has 1 fully saturated rings. The first kappa shape index (κ1) is 102. The van der Waals surface area contributed by atoms with Crippen molar-refractivity contribution >= 4 is 100 Å². The van der Waals surface area contributed by atoms with Gasteiger partial charge in [-0.05, 0) is 159 Å². The van der Waals surface area contributed by atoms with Gasteiger partial charge in [-0.1, -0.05) is 145 Å². The minimum atomic E-state index is -2.23. The number of carbonyl (C=O) groups excluding carboxylic acids is 4. The van der Waals surface area contributed by atoms with E-state index in [0.29, 0.717) is 50.2 Å². The van der Waals surface area contributed by atoms with Crippen molar-refractivity contribution in [3.8, 4) is 29.4 Å². The van der Waals surface area contributed by atoms with E-state index >= 15 is 0 Å². The Hall–Kier alpha value is -3.27. The molecule has 8 atom stereocenters. The smallest absolute Gasteiger partial charge is 0.515 e. The summed E-state index contributed by atoms with van der Waals surface area (Å²) in [5.74, 6) is 12.6. The number of nitrogens with zero attached hydrogens (tertiary/aromatic N) is 1. The standard InChI is InChI=1S/C39H64O7Si2.C23H34O4Si.C15H27OSi.CN.CH3.Cu.2Li/c1-15-16-19-28(2)33(45-47(11,12)38(3,4)5)25-24-30-34(46-48(13,14)39(6,7)8)26-32(40)36(30)31-22-17-20-29(37(31)44-27-42-9)21-18-23-35(41)43-10;1-16-17(11-9-13-22(25)26-5)10-8-12-19(16)20-14-18(15-21(20)24)27-28(6,7)23(2,3)4;1-9-11-12-13(3)14(10-2)16-17(7,8)15(4,5)6;1-2;;;;/h17,20,22,24-25,28,30,33-34,36H,18-19,21,23,26-27H2,1-14H3;8,10,12,14,18H,9,11,13,15H2,1-7H3;2,10,13-14H,12H2,1,3-8H3;;1H3;;;/q;;3*-1;+2;;/b25-24+;;;;;;;/t28?,30-,33?,34-,36-;;;;;;;/m0......./s1. The van der Waals surface area contributed by atoms with Crippen LogP contribution in [0.25, 0.3) is 5.57 Å². The predicted octanol–water partition coefficient (Wildman–Crippen LogP) is 18.7. The van der Waals surface area contributed by atoms with E-state index < -0.39 is 39.2 Å². The maximum absolute atomic E-state index is 14.2. The number of hydrogen-bond donors (Lipinski definition) is 0. The van der Waals surface area contributed by atoms with Gasteiger partial charge in [0.25, 0.3) is 0 Å². The second-order valence-corrected chi connectivity index (χ2v) is 50.6. The SMILES string of the molecule is CC#CCC(C)C(/C=C/[C@H]1[C@@H](O[Si](C)(C)C(C)(C)C)CC(=O)[C@@H]1c1cccc(CCCC(=O)OC)c1OCOC)O[Si](C)(C)C(C)(C)C.COC(=O)CCCc1cccc(C2=CC(O[Si](C)(C)C(C)(C)C)CC2=O)c1C.[C-]#N.[CH-]=CC(O[Si](C)(C)C(C)(C)C)C(C)CC#CC.[CH3-].[Cu+2].[Li].[Li]. The quantitative estimate of drug-likeness (QED) is 0.0197. The van der Waals surface area contributed by atoms with Crippen molar-refractivity contribution in [2.45, 2.75) is 285 Å². The van der Waals surface area contributed by atoms with Crippen molar-refractivity contribution in [1.29, 1.82) is 5.26 Å². The van der Waals surface area contributed by atoms with Crippen molar-refractivity contribution in [1.82, 2.24) is 0 Å². The van der Waals surface area contributed by atoms with E-state index in [1.807, 2.05) is 50.3 Å². The Morgan fingerprint density at radius 3 is 1.55 bits per heavy atom. The molecule has 2 aliphatic rings. The molecular formula is C79H128CuLi2NO12Si4-. The third kappa shape index (κ3) is 31.9. The van der Waals surface area contributed by atoms with Crippen LogP contribution in [0.3, 0.4) is 0 Å². The van der Waals surface area contributed by atoms with Gasteiger partial charge in [-0.25, -0.2) is 6.08 Å². The minimum Gasteiger partial charge on any atom is -0.515 e. The molecule has 0 heterocycles. The Morgan fingerprint density at radius 1 is 0.667 bits per heavy atom. The fourth-order valence-electron chi connectivity index (χ4n) is 10.0. The van der Waals surface area contributed by atoms with Gasteiger partial charge in [-0.3, -0.25) is 19.2 Å². The molecule has 551 valence electrons. The van der Waals surface area contributed by atoms with E-state index in [0.717, 1.165) is 53.5 Å². The van der Waals surface area contributed by atoms with E-state index in [1.165, 1.54) is 19.8 Å². The fraction of sp³-hybridized carbons (Fsp3) is 0.646. The first-order valence-electron chi connectivity index (χ1n) is 34.0. The summed E-state index contributed by atoms with van der Waals surface area (Å²) in [6, 6.07) is 12.0. The third-order valence-corrected chi connectivity index (χ3v) is 38.2. The first-order valence-corrected chi connectivity index (χ1v) is 45.7. The molecule has 13 nitrogen and oxygen atoms in total.